The van der Waals surface area contributed by atoms with Gasteiger partial charge in [0.15, 0.2) is 0 Å². The zero-order valence-corrected chi connectivity index (χ0v) is 18.9. The van der Waals surface area contributed by atoms with Crippen LogP contribution in [0.3, 0.4) is 0 Å². The van der Waals surface area contributed by atoms with Gasteiger partial charge in [-0.15, -0.1) is 0 Å². The fraction of sp³-hybridized carbons (Fsp3) is 0.636. The Morgan fingerprint density at radius 3 is 2.77 bits per heavy atom. The standard InChI is InChI=1S/C22H26F3N7O3/c23-22(24,25)11-31-9-14(10-31)35-18-16(8-27-30-18)28-20-26-7-15-17(29-20)32(19(34)21(15)4-5-21)12-2-1-3-13(33)6-12/h7-8,12-14,33H,1-6,9-11H2,(H,27,30)(H,26,28,29)/t12-,13-/m1/s1. The number of likely N-dealkylation sites (tertiary alicyclic amines) is 1. The van der Waals surface area contributed by atoms with Crippen LogP contribution in [0, 0.1) is 0 Å². The summed E-state index contributed by atoms with van der Waals surface area (Å²) in [7, 11) is 0. The van der Waals surface area contributed by atoms with E-state index in [1.807, 2.05) is 0 Å². The highest BCUT2D eigenvalue weighted by molar-refractivity contribution is 6.09. The highest BCUT2D eigenvalue weighted by atomic mass is 19.4. The average Bonchev–Trinajstić information content (AvgIpc) is 3.40. The number of fused-ring (bicyclic) bond motifs is 2. The summed E-state index contributed by atoms with van der Waals surface area (Å²) in [5.74, 6) is 1.16. The van der Waals surface area contributed by atoms with Gasteiger partial charge < -0.3 is 15.2 Å². The van der Waals surface area contributed by atoms with Crippen LogP contribution >= 0.6 is 0 Å². The topological polar surface area (TPSA) is 120 Å². The zero-order chi connectivity index (χ0) is 24.4. The summed E-state index contributed by atoms with van der Waals surface area (Å²) >= 11 is 0. The van der Waals surface area contributed by atoms with Crippen LogP contribution in [-0.4, -0.2) is 80.1 Å². The van der Waals surface area contributed by atoms with Crippen molar-refractivity contribution < 1.29 is 27.8 Å². The largest absolute Gasteiger partial charge is 0.470 e. The van der Waals surface area contributed by atoms with E-state index >= 15 is 0 Å². The fourth-order valence-electron chi connectivity index (χ4n) is 5.44. The number of anilines is 3. The molecule has 0 aromatic carbocycles. The lowest BCUT2D eigenvalue weighted by Gasteiger charge is -2.38. The number of amides is 1. The number of aromatic amines is 1. The van der Waals surface area contributed by atoms with E-state index in [1.165, 1.54) is 11.1 Å². The Hall–Kier alpha value is -2.93. The number of aromatic nitrogens is 4. The molecule has 6 rings (SSSR count). The molecule has 1 saturated heterocycles. The van der Waals surface area contributed by atoms with Gasteiger partial charge in [0.2, 0.25) is 17.7 Å². The number of rotatable bonds is 6. The number of hydrogen-bond acceptors (Lipinski definition) is 8. The van der Waals surface area contributed by atoms with Gasteiger partial charge in [0.25, 0.3) is 0 Å². The molecule has 3 fully saturated rings. The normalized spacial score (nSPS) is 26.1. The molecule has 2 aliphatic heterocycles. The number of hydrogen-bond donors (Lipinski definition) is 3. The van der Waals surface area contributed by atoms with Crippen molar-refractivity contribution in [1.29, 1.82) is 0 Å². The van der Waals surface area contributed by atoms with Crippen LogP contribution in [0.4, 0.5) is 30.6 Å². The van der Waals surface area contributed by atoms with Gasteiger partial charge in [-0.05, 0) is 38.5 Å². The number of aliphatic hydroxyl groups excluding tert-OH is 1. The Labute approximate surface area is 198 Å². The summed E-state index contributed by atoms with van der Waals surface area (Å²) in [6, 6.07) is -0.0983. The van der Waals surface area contributed by atoms with E-state index in [0.717, 1.165) is 37.7 Å². The molecule has 188 valence electrons. The van der Waals surface area contributed by atoms with E-state index < -0.39 is 24.2 Å². The second-order valence-electron chi connectivity index (χ2n) is 9.95. The monoisotopic (exact) mass is 493 g/mol. The predicted molar refractivity (Wildman–Crippen MR) is 117 cm³/mol. The van der Waals surface area contributed by atoms with Crippen molar-refractivity contribution in [2.24, 2.45) is 0 Å². The molecule has 10 nitrogen and oxygen atoms in total. The van der Waals surface area contributed by atoms with E-state index in [-0.39, 0.29) is 43.0 Å². The lowest BCUT2D eigenvalue weighted by atomic mass is 9.92. The molecule has 4 heterocycles. The molecule has 2 atom stereocenters. The van der Waals surface area contributed by atoms with Gasteiger partial charge in [0.05, 0.1) is 24.3 Å². The van der Waals surface area contributed by atoms with Gasteiger partial charge in [-0.25, -0.2) is 10.1 Å². The summed E-state index contributed by atoms with van der Waals surface area (Å²) in [6.45, 7) is -0.627. The second kappa shape index (κ2) is 8.05. The van der Waals surface area contributed by atoms with Crippen LogP contribution in [-0.2, 0) is 10.2 Å². The van der Waals surface area contributed by atoms with E-state index in [4.69, 9.17) is 4.74 Å². The first-order valence-electron chi connectivity index (χ1n) is 11.9. The minimum atomic E-state index is -4.24. The molecular weight excluding hydrogens is 467 g/mol. The molecular formula is C22H26F3N7O3. The maximum atomic E-state index is 13.4. The Balaban J connectivity index is 1.18. The molecule has 0 radical (unpaired) electrons. The number of carbonyl (C=O) groups is 1. The third-order valence-electron chi connectivity index (χ3n) is 7.34. The van der Waals surface area contributed by atoms with Crippen LogP contribution in [0.25, 0.3) is 0 Å². The zero-order valence-electron chi connectivity index (χ0n) is 18.9. The molecule has 1 spiro atoms. The SMILES string of the molecule is O=C1N([C@@H]2CCC[C@@H](O)C2)c2nc(Nc3cn[nH]c3OC3CN(CC(F)(F)F)C3)ncc2C12CC2. The number of nitrogens with zero attached hydrogens (tertiary/aromatic N) is 5. The number of ether oxygens (including phenoxy) is 1. The van der Waals surface area contributed by atoms with Crippen molar-refractivity contribution in [2.45, 2.75) is 68.4 Å². The van der Waals surface area contributed by atoms with Gasteiger partial charge in [0, 0.05) is 30.9 Å². The van der Waals surface area contributed by atoms with Crippen molar-refractivity contribution in [3.63, 3.8) is 0 Å². The predicted octanol–water partition coefficient (Wildman–Crippen LogP) is 2.25. The fourth-order valence-corrected chi connectivity index (χ4v) is 5.44. The Bertz CT molecular complexity index is 1130. The molecule has 2 aromatic heterocycles. The van der Waals surface area contributed by atoms with E-state index in [0.29, 0.717) is 17.9 Å². The summed E-state index contributed by atoms with van der Waals surface area (Å²) in [6.07, 6.45) is 2.61. The molecule has 4 aliphatic rings. The molecule has 2 aromatic rings. The first-order valence-corrected chi connectivity index (χ1v) is 11.9. The van der Waals surface area contributed by atoms with Crippen LogP contribution in [0.5, 0.6) is 5.88 Å². The lowest BCUT2D eigenvalue weighted by Crippen LogP contribution is -2.56. The van der Waals surface area contributed by atoms with E-state index in [2.05, 4.69) is 25.5 Å². The number of carbonyl (C=O) groups excluding carboxylic acids is 1. The van der Waals surface area contributed by atoms with Crippen molar-refractivity contribution in [3.8, 4) is 5.88 Å². The van der Waals surface area contributed by atoms with Crippen LogP contribution in [0.2, 0.25) is 0 Å². The highest BCUT2D eigenvalue weighted by Crippen LogP contribution is 2.57. The number of halogens is 3. The minimum absolute atomic E-state index is 0.0405. The average molecular weight is 493 g/mol. The quantitative estimate of drug-likeness (QED) is 0.561. The molecule has 2 saturated carbocycles. The first-order chi connectivity index (χ1) is 16.7. The van der Waals surface area contributed by atoms with Gasteiger partial charge in [0.1, 0.15) is 17.6 Å². The summed E-state index contributed by atoms with van der Waals surface area (Å²) in [5.41, 5.74) is 0.743. The highest BCUT2D eigenvalue weighted by Gasteiger charge is 2.61. The third kappa shape index (κ3) is 4.10. The minimum Gasteiger partial charge on any atom is -0.470 e. The Morgan fingerprint density at radius 2 is 2.06 bits per heavy atom. The Morgan fingerprint density at radius 1 is 1.26 bits per heavy atom. The molecule has 13 heteroatoms. The molecule has 2 aliphatic carbocycles. The first kappa shape index (κ1) is 22.5. The van der Waals surface area contributed by atoms with Gasteiger partial charge >= 0.3 is 6.18 Å². The second-order valence-corrected chi connectivity index (χ2v) is 9.95. The smallest absolute Gasteiger partial charge is 0.401 e. The van der Waals surface area contributed by atoms with Gasteiger partial charge in [-0.3, -0.25) is 14.6 Å². The molecule has 3 N–H and O–H groups in total. The van der Waals surface area contributed by atoms with Crippen LogP contribution in [0.1, 0.15) is 44.1 Å². The summed E-state index contributed by atoms with van der Waals surface area (Å²) < 4.78 is 43.3. The maximum Gasteiger partial charge on any atom is 0.401 e. The van der Waals surface area contributed by atoms with Gasteiger partial charge in [-0.2, -0.15) is 23.3 Å². The third-order valence-corrected chi connectivity index (χ3v) is 7.34. The molecule has 35 heavy (non-hydrogen) atoms. The van der Waals surface area contributed by atoms with E-state index in [9.17, 15) is 23.1 Å². The maximum absolute atomic E-state index is 13.4. The van der Waals surface area contributed by atoms with Crippen molar-refractivity contribution >= 4 is 23.4 Å². The van der Waals surface area contributed by atoms with Crippen molar-refractivity contribution in [3.05, 3.63) is 18.0 Å². The van der Waals surface area contributed by atoms with Crippen molar-refractivity contribution in [2.75, 3.05) is 29.9 Å². The van der Waals surface area contributed by atoms with Crippen LogP contribution in [0.15, 0.2) is 12.4 Å². The van der Waals surface area contributed by atoms with Gasteiger partial charge in [-0.1, -0.05) is 0 Å². The van der Waals surface area contributed by atoms with Crippen molar-refractivity contribution in [1.82, 2.24) is 25.1 Å². The number of H-pyrrole nitrogens is 1. The molecule has 0 bridgehead atoms. The Kier molecular flexibility index (Phi) is 5.18. The summed E-state index contributed by atoms with van der Waals surface area (Å²) in [4.78, 5) is 25.5. The number of alkyl halides is 3. The molecule has 1 amide bonds. The van der Waals surface area contributed by atoms with E-state index in [1.54, 1.807) is 11.1 Å². The molecule has 0 unspecified atom stereocenters. The lowest BCUT2D eigenvalue weighted by molar-refractivity contribution is -0.162. The number of aliphatic hydroxyl groups is 1. The van der Waals surface area contributed by atoms with Crippen LogP contribution < -0.4 is 15.0 Å². The number of nitrogens with one attached hydrogen (secondary N) is 2. The summed E-state index contributed by atoms with van der Waals surface area (Å²) in [5, 5.41) is 19.9.